The normalized spacial score (nSPS) is 12.4. The summed E-state index contributed by atoms with van der Waals surface area (Å²) in [5.74, 6) is 5.34. The molecule has 1 atom stereocenters. The molecular weight excluding hydrogens is 410 g/mol. The zero-order valence-electron chi connectivity index (χ0n) is 10.3. The van der Waals surface area contributed by atoms with Gasteiger partial charge in [-0.15, -0.1) is 0 Å². The summed E-state index contributed by atoms with van der Waals surface area (Å²) in [6.07, 6.45) is 0.603. The number of hydrogen-bond acceptors (Lipinski definition) is 2. The third-order valence-corrected chi connectivity index (χ3v) is 4.90. The van der Waals surface area contributed by atoms with Crippen molar-refractivity contribution in [1.82, 2.24) is 5.43 Å². The van der Waals surface area contributed by atoms with Gasteiger partial charge in [-0.1, -0.05) is 29.8 Å². The second-order valence-electron chi connectivity index (χ2n) is 4.31. The fraction of sp³-hybridized carbons (Fsp3) is 0.143. The average molecular weight is 423 g/mol. The van der Waals surface area contributed by atoms with E-state index in [9.17, 15) is 4.39 Å². The standard InChI is InChI=1S/C14H12Br2ClFN2/c15-10-3-1-2-9(14(10)17)13(20-19)7-8-4-5-12(18)11(16)6-8/h1-6,13,20H,7,19H2. The number of hydrogen-bond donors (Lipinski definition) is 2. The van der Waals surface area contributed by atoms with Gasteiger partial charge in [0.1, 0.15) is 5.82 Å². The monoisotopic (exact) mass is 420 g/mol. The highest BCUT2D eigenvalue weighted by molar-refractivity contribution is 9.10. The fourth-order valence-electron chi connectivity index (χ4n) is 1.95. The van der Waals surface area contributed by atoms with Crippen molar-refractivity contribution in [1.29, 1.82) is 0 Å². The van der Waals surface area contributed by atoms with Gasteiger partial charge in [-0.05, 0) is 67.6 Å². The molecule has 0 aromatic heterocycles. The van der Waals surface area contributed by atoms with Crippen molar-refractivity contribution in [2.24, 2.45) is 5.84 Å². The minimum Gasteiger partial charge on any atom is -0.271 e. The van der Waals surface area contributed by atoms with E-state index in [0.29, 0.717) is 15.9 Å². The molecule has 0 spiro atoms. The van der Waals surface area contributed by atoms with Crippen LogP contribution in [0.3, 0.4) is 0 Å². The SMILES string of the molecule is NNC(Cc1ccc(F)c(Br)c1)c1cccc(Br)c1Cl. The van der Waals surface area contributed by atoms with E-state index in [1.807, 2.05) is 18.2 Å². The van der Waals surface area contributed by atoms with Crippen molar-refractivity contribution in [3.05, 3.63) is 67.3 Å². The van der Waals surface area contributed by atoms with Gasteiger partial charge >= 0.3 is 0 Å². The van der Waals surface area contributed by atoms with Gasteiger partial charge in [0.25, 0.3) is 0 Å². The van der Waals surface area contributed by atoms with E-state index in [0.717, 1.165) is 15.6 Å². The third-order valence-electron chi connectivity index (χ3n) is 2.98. The van der Waals surface area contributed by atoms with Crippen LogP contribution in [-0.2, 0) is 6.42 Å². The summed E-state index contributed by atoms with van der Waals surface area (Å²) in [7, 11) is 0. The zero-order valence-corrected chi connectivity index (χ0v) is 14.3. The van der Waals surface area contributed by atoms with Crippen LogP contribution >= 0.6 is 43.5 Å². The summed E-state index contributed by atoms with van der Waals surface area (Å²) in [6, 6.07) is 10.4. The second kappa shape index (κ2) is 7.00. The summed E-state index contributed by atoms with van der Waals surface area (Å²) in [6.45, 7) is 0. The highest BCUT2D eigenvalue weighted by Gasteiger charge is 2.16. The number of hydrazine groups is 1. The summed E-state index contributed by atoms with van der Waals surface area (Å²) >= 11 is 12.9. The first kappa shape index (κ1) is 15.9. The summed E-state index contributed by atoms with van der Waals surface area (Å²) < 4.78 is 14.5. The smallest absolute Gasteiger partial charge is 0.137 e. The molecule has 0 heterocycles. The Hall–Kier alpha value is -0.460. The lowest BCUT2D eigenvalue weighted by atomic mass is 9.99. The van der Waals surface area contributed by atoms with Crippen molar-refractivity contribution in [3.8, 4) is 0 Å². The lowest BCUT2D eigenvalue weighted by Gasteiger charge is -2.18. The minimum atomic E-state index is -0.286. The fourth-order valence-corrected chi connectivity index (χ4v) is 3.02. The zero-order chi connectivity index (χ0) is 14.7. The van der Waals surface area contributed by atoms with Gasteiger partial charge in [-0.25, -0.2) is 4.39 Å². The minimum absolute atomic E-state index is 0.155. The molecule has 2 nitrogen and oxygen atoms in total. The average Bonchev–Trinajstić information content (AvgIpc) is 2.43. The second-order valence-corrected chi connectivity index (χ2v) is 6.40. The van der Waals surface area contributed by atoms with Crippen molar-refractivity contribution >= 4 is 43.5 Å². The molecule has 6 heteroatoms. The Balaban J connectivity index is 2.28. The predicted octanol–water partition coefficient (Wildman–Crippen LogP) is 4.75. The molecule has 0 bridgehead atoms. The molecule has 0 aliphatic heterocycles. The molecule has 2 rings (SSSR count). The maximum absolute atomic E-state index is 13.2. The van der Waals surface area contributed by atoms with Crippen LogP contribution in [0.25, 0.3) is 0 Å². The number of halogens is 4. The van der Waals surface area contributed by atoms with Crippen molar-refractivity contribution < 1.29 is 4.39 Å². The topological polar surface area (TPSA) is 38.0 Å². The largest absolute Gasteiger partial charge is 0.271 e. The van der Waals surface area contributed by atoms with Crippen LogP contribution < -0.4 is 11.3 Å². The Morgan fingerprint density at radius 2 is 1.95 bits per heavy atom. The van der Waals surface area contributed by atoms with Crippen molar-refractivity contribution in [2.75, 3.05) is 0 Å². The van der Waals surface area contributed by atoms with E-state index in [1.165, 1.54) is 6.07 Å². The third kappa shape index (κ3) is 3.59. The van der Waals surface area contributed by atoms with Crippen molar-refractivity contribution in [2.45, 2.75) is 12.5 Å². The van der Waals surface area contributed by atoms with E-state index in [2.05, 4.69) is 37.3 Å². The lowest BCUT2D eigenvalue weighted by molar-refractivity contribution is 0.550. The van der Waals surface area contributed by atoms with Gasteiger partial charge in [-0.3, -0.25) is 11.3 Å². The first-order valence-electron chi connectivity index (χ1n) is 5.87. The Bertz CT molecular complexity index is 622. The summed E-state index contributed by atoms with van der Waals surface area (Å²) in [4.78, 5) is 0. The van der Waals surface area contributed by atoms with Crippen LogP contribution in [0.15, 0.2) is 45.3 Å². The Labute approximate surface area is 138 Å². The van der Waals surface area contributed by atoms with Gasteiger partial charge in [0.05, 0.1) is 15.5 Å². The number of rotatable bonds is 4. The molecular formula is C14H12Br2ClFN2. The quantitative estimate of drug-likeness (QED) is 0.551. The maximum atomic E-state index is 13.2. The maximum Gasteiger partial charge on any atom is 0.137 e. The molecule has 3 N–H and O–H groups in total. The first-order chi connectivity index (χ1) is 9.52. The molecule has 0 fully saturated rings. The van der Waals surface area contributed by atoms with E-state index < -0.39 is 0 Å². The Morgan fingerprint density at radius 1 is 1.20 bits per heavy atom. The molecule has 0 aliphatic rings. The molecule has 1 unspecified atom stereocenters. The predicted molar refractivity (Wildman–Crippen MR) is 87.0 cm³/mol. The molecule has 0 amide bonds. The highest BCUT2D eigenvalue weighted by atomic mass is 79.9. The number of benzene rings is 2. The molecule has 0 radical (unpaired) electrons. The molecule has 2 aromatic carbocycles. The number of nitrogens with one attached hydrogen (secondary N) is 1. The van der Waals surface area contributed by atoms with E-state index in [-0.39, 0.29) is 11.9 Å². The number of nitrogens with two attached hydrogens (primary N) is 1. The van der Waals surface area contributed by atoms with Crippen LogP contribution in [0.1, 0.15) is 17.2 Å². The van der Waals surface area contributed by atoms with Gasteiger partial charge in [0.15, 0.2) is 0 Å². The molecule has 2 aromatic rings. The molecule has 0 saturated heterocycles. The highest BCUT2D eigenvalue weighted by Crippen LogP contribution is 2.32. The Morgan fingerprint density at radius 3 is 2.60 bits per heavy atom. The van der Waals surface area contributed by atoms with Gasteiger partial charge in [0, 0.05) is 4.47 Å². The van der Waals surface area contributed by atoms with E-state index in [4.69, 9.17) is 17.4 Å². The van der Waals surface area contributed by atoms with Gasteiger partial charge in [0.2, 0.25) is 0 Å². The molecule has 0 saturated carbocycles. The molecule has 106 valence electrons. The van der Waals surface area contributed by atoms with Crippen molar-refractivity contribution in [3.63, 3.8) is 0 Å². The van der Waals surface area contributed by atoms with E-state index in [1.54, 1.807) is 12.1 Å². The van der Waals surface area contributed by atoms with Crippen LogP contribution in [0.4, 0.5) is 4.39 Å². The van der Waals surface area contributed by atoms with Gasteiger partial charge < -0.3 is 0 Å². The van der Waals surface area contributed by atoms with E-state index >= 15 is 0 Å². The van der Waals surface area contributed by atoms with Crippen LogP contribution in [0, 0.1) is 5.82 Å². The van der Waals surface area contributed by atoms with Gasteiger partial charge in [-0.2, -0.15) is 0 Å². The Kier molecular flexibility index (Phi) is 5.57. The summed E-state index contributed by atoms with van der Waals surface area (Å²) in [5, 5.41) is 0.622. The first-order valence-corrected chi connectivity index (χ1v) is 7.83. The molecule has 0 aliphatic carbocycles. The summed E-state index contributed by atoms with van der Waals surface area (Å²) in [5.41, 5.74) is 4.60. The molecule has 20 heavy (non-hydrogen) atoms. The van der Waals surface area contributed by atoms with Crippen LogP contribution in [0.2, 0.25) is 5.02 Å². The van der Waals surface area contributed by atoms with Crippen LogP contribution in [0.5, 0.6) is 0 Å². The lowest BCUT2D eigenvalue weighted by Crippen LogP contribution is -2.29. The van der Waals surface area contributed by atoms with Crippen LogP contribution in [-0.4, -0.2) is 0 Å².